The molecule has 0 radical (unpaired) electrons. The van der Waals surface area contributed by atoms with Crippen molar-refractivity contribution in [3.8, 4) is 5.88 Å². The SMILES string of the molecule is COCC1CCc2cc3c(c(NC(=O)C4n5ncc(S(=N)(=O)NC(c6ccccc6)(c6ccccc6)c6ccccc6)c5OC4(C)C)c21)CCC3. The van der Waals surface area contributed by atoms with E-state index >= 15 is 0 Å². The van der Waals surface area contributed by atoms with Gasteiger partial charge in [0.15, 0.2) is 6.04 Å². The molecule has 51 heavy (non-hydrogen) atoms. The number of anilines is 1. The summed E-state index contributed by atoms with van der Waals surface area (Å²) < 4.78 is 41.4. The van der Waals surface area contributed by atoms with E-state index in [4.69, 9.17) is 9.47 Å². The van der Waals surface area contributed by atoms with Gasteiger partial charge in [-0.3, -0.25) is 4.79 Å². The molecule has 2 heterocycles. The topological polar surface area (TPSA) is 118 Å². The molecule has 8 rings (SSSR count). The van der Waals surface area contributed by atoms with Gasteiger partial charge in [0.05, 0.1) is 12.8 Å². The molecule has 4 aromatic carbocycles. The van der Waals surface area contributed by atoms with Crippen LogP contribution >= 0.6 is 0 Å². The Morgan fingerprint density at radius 2 is 1.57 bits per heavy atom. The summed E-state index contributed by atoms with van der Waals surface area (Å²) in [6, 6.07) is 30.7. The van der Waals surface area contributed by atoms with Crippen LogP contribution in [0.1, 0.15) is 77.6 Å². The van der Waals surface area contributed by atoms with Gasteiger partial charge in [0.1, 0.15) is 26.0 Å². The monoisotopic (exact) mass is 701 g/mol. The number of carbonyl (C=O) groups excluding carboxylic acids is 1. The number of rotatable bonds is 10. The number of amides is 1. The molecule has 0 bridgehead atoms. The van der Waals surface area contributed by atoms with E-state index in [1.54, 1.807) is 7.11 Å². The number of aromatic nitrogens is 2. The second-order valence-corrected chi connectivity index (χ2v) is 16.1. The van der Waals surface area contributed by atoms with Crippen molar-refractivity contribution >= 4 is 21.5 Å². The third-order valence-electron chi connectivity index (χ3n) is 10.8. The minimum Gasteiger partial charge on any atom is -0.468 e. The quantitative estimate of drug-likeness (QED) is 0.132. The van der Waals surface area contributed by atoms with E-state index in [1.165, 1.54) is 33.1 Å². The molecule has 1 aromatic heterocycles. The lowest BCUT2D eigenvalue weighted by Gasteiger charge is -2.37. The van der Waals surface area contributed by atoms with Crippen LogP contribution in [0.15, 0.2) is 108 Å². The molecule has 3 unspecified atom stereocenters. The minimum absolute atomic E-state index is 0.0831. The number of methoxy groups -OCH3 is 1. The van der Waals surface area contributed by atoms with Crippen LogP contribution < -0.4 is 14.8 Å². The maximum atomic E-state index is 15.0. The van der Waals surface area contributed by atoms with Crippen molar-refractivity contribution in [2.45, 2.75) is 73.9 Å². The minimum atomic E-state index is -3.84. The number of fused-ring (bicyclic) bond motifs is 3. The zero-order chi connectivity index (χ0) is 35.4. The summed E-state index contributed by atoms with van der Waals surface area (Å²) in [5.74, 6) is 0.108. The lowest BCUT2D eigenvalue weighted by atomic mass is 9.78. The van der Waals surface area contributed by atoms with Gasteiger partial charge < -0.3 is 14.8 Å². The number of hydrogen-bond acceptors (Lipinski definition) is 6. The van der Waals surface area contributed by atoms with Crippen LogP contribution in [0.2, 0.25) is 0 Å². The first-order valence-corrected chi connectivity index (χ1v) is 19.2. The Kier molecular flexibility index (Phi) is 8.36. The number of hydrogen-bond donors (Lipinski definition) is 3. The Bertz CT molecular complexity index is 2100. The van der Waals surface area contributed by atoms with E-state index in [0.717, 1.165) is 54.5 Å². The summed E-state index contributed by atoms with van der Waals surface area (Å²) in [7, 11) is -2.11. The molecule has 10 heteroatoms. The second-order valence-electron chi connectivity index (χ2n) is 14.4. The van der Waals surface area contributed by atoms with Gasteiger partial charge in [0, 0.05) is 18.7 Å². The highest BCUT2D eigenvalue weighted by atomic mass is 32.2. The fraction of sp³-hybridized carbons (Fsp3) is 0.317. The molecular formula is C41H43N5O4S. The van der Waals surface area contributed by atoms with Crippen molar-refractivity contribution in [3.63, 3.8) is 0 Å². The van der Waals surface area contributed by atoms with Crippen molar-refractivity contribution in [2.75, 3.05) is 19.0 Å². The van der Waals surface area contributed by atoms with Crippen molar-refractivity contribution in [1.82, 2.24) is 14.5 Å². The van der Waals surface area contributed by atoms with Gasteiger partial charge in [-0.05, 0) is 84.9 Å². The Morgan fingerprint density at radius 1 is 0.961 bits per heavy atom. The Labute approximate surface area is 299 Å². The van der Waals surface area contributed by atoms with Gasteiger partial charge in [0.25, 0.3) is 5.91 Å². The van der Waals surface area contributed by atoms with Crippen LogP contribution in [0.25, 0.3) is 0 Å². The lowest BCUT2D eigenvalue weighted by Crippen LogP contribution is -2.47. The fourth-order valence-corrected chi connectivity index (χ4v) is 10.00. The molecule has 9 nitrogen and oxygen atoms in total. The largest absolute Gasteiger partial charge is 0.468 e. The third-order valence-corrected chi connectivity index (χ3v) is 12.3. The maximum absolute atomic E-state index is 15.0. The Morgan fingerprint density at radius 3 is 2.16 bits per heavy atom. The zero-order valence-electron chi connectivity index (χ0n) is 29.1. The lowest BCUT2D eigenvalue weighted by molar-refractivity contribution is -0.122. The molecule has 0 fully saturated rings. The van der Waals surface area contributed by atoms with Crippen LogP contribution in [0, 0.1) is 4.78 Å². The van der Waals surface area contributed by atoms with Gasteiger partial charge in [0.2, 0.25) is 5.88 Å². The van der Waals surface area contributed by atoms with Gasteiger partial charge >= 0.3 is 0 Å². The standard InChI is InChI=1S/C41H43N5O4S/c1-40(2)37(38(47)44-36-33-21-13-14-27(33)24-28-22-23-29(26-49-3)35(28)36)46-39(50-40)34(25-43-46)51(42,48)45-41(30-15-7-4-8-16-30,31-17-9-5-10-18-31)32-19-11-6-12-20-32/h4-12,15-20,24-25,29,37H,13-14,21-23,26H2,1-3H3,(H,44,47)(H2,42,45,48). The average Bonchev–Trinajstić information content (AvgIpc) is 3.92. The molecule has 5 aromatic rings. The van der Waals surface area contributed by atoms with E-state index in [0.29, 0.717) is 6.61 Å². The highest BCUT2D eigenvalue weighted by Gasteiger charge is 2.50. The first kappa shape index (κ1) is 33.4. The highest BCUT2D eigenvalue weighted by Crippen LogP contribution is 2.47. The Balaban J connectivity index is 1.19. The number of carbonyl (C=O) groups is 1. The molecule has 2 aliphatic carbocycles. The number of nitrogens with one attached hydrogen (secondary N) is 3. The van der Waals surface area contributed by atoms with Gasteiger partial charge in [-0.25, -0.2) is 18.4 Å². The van der Waals surface area contributed by atoms with Crippen molar-refractivity contribution < 1.29 is 18.5 Å². The molecule has 3 aliphatic rings. The number of ether oxygens (including phenoxy) is 2. The second kappa shape index (κ2) is 12.8. The normalized spacial score (nSPS) is 19.8. The van der Waals surface area contributed by atoms with E-state index < -0.39 is 27.1 Å². The predicted octanol–water partition coefficient (Wildman–Crippen LogP) is 7.30. The van der Waals surface area contributed by atoms with Gasteiger partial charge in [-0.1, -0.05) is 97.1 Å². The third kappa shape index (κ3) is 5.57. The summed E-state index contributed by atoms with van der Waals surface area (Å²) in [5, 5.41) is 7.96. The molecule has 1 aliphatic heterocycles. The van der Waals surface area contributed by atoms with Crippen LogP contribution in [0.4, 0.5) is 5.69 Å². The van der Waals surface area contributed by atoms with Crippen LogP contribution in [0.3, 0.4) is 0 Å². The Hall–Kier alpha value is -4.77. The highest BCUT2D eigenvalue weighted by molar-refractivity contribution is 7.90. The average molecular weight is 702 g/mol. The zero-order valence-corrected chi connectivity index (χ0v) is 30.0. The van der Waals surface area contributed by atoms with Crippen LogP contribution in [-0.4, -0.2) is 39.2 Å². The molecule has 1 amide bonds. The van der Waals surface area contributed by atoms with E-state index in [1.807, 2.05) is 105 Å². The molecule has 3 atom stereocenters. The first-order valence-electron chi connectivity index (χ1n) is 17.6. The summed E-state index contributed by atoms with van der Waals surface area (Å²) in [5.41, 5.74) is 6.14. The molecule has 0 spiro atoms. The van der Waals surface area contributed by atoms with E-state index in [2.05, 4.69) is 21.2 Å². The van der Waals surface area contributed by atoms with Crippen molar-refractivity contribution in [3.05, 3.63) is 142 Å². The number of aryl methyl sites for hydroxylation is 2. The molecule has 262 valence electrons. The maximum Gasteiger partial charge on any atom is 0.253 e. The molecular weight excluding hydrogens is 659 g/mol. The molecule has 3 N–H and O–H groups in total. The van der Waals surface area contributed by atoms with Crippen molar-refractivity contribution in [1.29, 1.82) is 4.78 Å². The summed E-state index contributed by atoms with van der Waals surface area (Å²) in [6.07, 6.45) is 6.34. The summed E-state index contributed by atoms with van der Waals surface area (Å²) in [6.45, 7) is 4.27. The first-order chi connectivity index (χ1) is 24.6. The number of nitrogens with zero attached hydrogens (tertiary/aromatic N) is 2. The summed E-state index contributed by atoms with van der Waals surface area (Å²) >= 11 is 0. The van der Waals surface area contributed by atoms with E-state index in [-0.39, 0.29) is 22.6 Å². The van der Waals surface area contributed by atoms with Gasteiger partial charge in [-0.2, -0.15) is 5.10 Å². The molecule has 0 saturated heterocycles. The fourth-order valence-electron chi connectivity index (χ4n) is 8.52. The predicted molar refractivity (Wildman–Crippen MR) is 197 cm³/mol. The summed E-state index contributed by atoms with van der Waals surface area (Å²) in [4.78, 5) is 14.6. The number of benzene rings is 4. The smallest absolute Gasteiger partial charge is 0.253 e. The van der Waals surface area contributed by atoms with E-state index in [9.17, 15) is 13.8 Å². The van der Waals surface area contributed by atoms with Crippen LogP contribution in [-0.2, 0) is 44.2 Å². The van der Waals surface area contributed by atoms with Gasteiger partial charge in [-0.15, -0.1) is 0 Å². The van der Waals surface area contributed by atoms with Crippen LogP contribution in [0.5, 0.6) is 5.88 Å². The van der Waals surface area contributed by atoms with Crippen molar-refractivity contribution in [2.24, 2.45) is 0 Å². The molecule has 0 saturated carbocycles.